The van der Waals surface area contributed by atoms with Gasteiger partial charge in [-0.05, 0) is 26.8 Å². The maximum Gasteiger partial charge on any atom is 0.329 e. The Morgan fingerprint density at radius 1 is 1.62 bits per heavy atom. The molecule has 0 saturated heterocycles. The van der Waals surface area contributed by atoms with E-state index in [0.29, 0.717) is 6.61 Å². The number of rotatable bonds is 6. The zero-order valence-corrected chi connectivity index (χ0v) is 10.8. The van der Waals surface area contributed by atoms with Crippen molar-refractivity contribution in [2.45, 2.75) is 33.2 Å². The molecule has 1 aromatic rings. The molecule has 5 heteroatoms. The van der Waals surface area contributed by atoms with E-state index in [0.717, 1.165) is 23.7 Å². The number of nitrogens with one attached hydrogen (secondary N) is 1. The summed E-state index contributed by atoms with van der Waals surface area (Å²) in [6, 6.07) is -0.426. The molecule has 1 aromatic heterocycles. The molecule has 0 aromatic carbocycles. The van der Waals surface area contributed by atoms with E-state index in [1.807, 2.05) is 12.3 Å². The minimum Gasteiger partial charge on any atom is -0.465 e. The number of carbonyl (C=O) groups excluding carboxylic acids is 1. The molecule has 0 fully saturated rings. The lowest BCUT2D eigenvalue weighted by Crippen LogP contribution is -2.31. The summed E-state index contributed by atoms with van der Waals surface area (Å²) in [5.74, 6) is -0.249. The molecule has 1 heterocycles. The fraction of sp³-hybridized carbons (Fsp3) is 0.636. The first-order valence-corrected chi connectivity index (χ1v) is 6.39. The summed E-state index contributed by atoms with van der Waals surface area (Å²) < 4.78 is 5.03. The van der Waals surface area contributed by atoms with Gasteiger partial charge in [0.25, 0.3) is 0 Å². The Bertz CT molecular complexity index is 338. The van der Waals surface area contributed by atoms with Gasteiger partial charge in [-0.1, -0.05) is 6.92 Å². The van der Waals surface area contributed by atoms with Crippen molar-refractivity contribution in [3.63, 3.8) is 0 Å². The number of aryl methyl sites for hydroxylation is 1. The van der Waals surface area contributed by atoms with Crippen LogP contribution in [-0.4, -0.2) is 24.1 Å². The average molecular weight is 242 g/mol. The highest BCUT2D eigenvalue weighted by atomic mass is 32.1. The summed E-state index contributed by atoms with van der Waals surface area (Å²) in [6.45, 7) is 6.96. The molecule has 0 aliphatic rings. The number of hydrogen-bond donors (Lipinski definition) is 1. The average Bonchev–Trinajstić information content (AvgIpc) is 2.66. The highest BCUT2D eigenvalue weighted by molar-refractivity contribution is 7.09. The summed E-state index contributed by atoms with van der Waals surface area (Å²) in [5.41, 5.74) is 0.759. The molecule has 0 aliphatic heterocycles. The van der Waals surface area contributed by atoms with Gasteiger partial charge in [0.1, 0.15) is 6.04 Å². The first-order valence-electron chi connectivity index (χ1n) is 5.51. The number of esters is 1. The van der Waals surface area contributed by atoms with Gasteiger partial charge in [0.15, 0.2) is 0 Å². The van der Waals surface area contributed by atoms with Gasteiger partial charge in [0, 0.05) is 5.38 Å². The summed E-state index contributed by atoms with van der Waals surface area (Å²) in [5, 5.41) is 6.02. The standard InChI is InChI=1S/C11H18N2O2S/c1-4-6-12-10(11(14)15-5-2)9-7-16-8(3)13-9/h7,10,12H,4-6H2,1-3H3. The number of hydrogen-bond acceptors (Lipinski definition) is 5. The minimum absolute atomic E-state index is 0.249. The molecule has 0 radical (unpaired) electrons. The quantitative estimate of drug-likeness (QED) is 0.776. The Balaban J connectivity index is 2.74. The first-order chi connectivity index (χ1) is 7.69. The van der Waals surface area contributed by atoms with Crippen LogP contribution in [0.2, 0.25) is 0 Å². The monoisotopic (exact) mass is 242 g/mol. The highest BCUT2D eigenvalue weighted by Gasteiger charge is 2.23. The second kappa shape index (κ2) is 6.60. The van der Waals surface area contributed by atoms with E-state index in [2.05, 4.69) is 17.2 Å². The van der Waals surface area contributed by atoms with Crippen LogP contribution >= 0.6 is 11.3 Å². The van der Waals surface area contributed by atoms with E-state index in [4.69, 9.17) is 4.74 Å². The molecule has 0 bridgehead atoms. The van der Waals surface area contributed by atoms with Gasteiger partial charge >= 0.3 is 5.97 Å². The van der Waals surface area contributed by atoms with Crippen LogP contribution < -0.4 is 5.32 Å². The molecule has 1 atom stereocenters. The highest BCUT2D eigenvalue weighted by Crippen LogP contribution is 2.17. The fourth-order valence-corrected chi connectivity index (χ4v) is 1.97. The summed E-state index contributed by atoms with van der Waals surface area (Å²) in [7, 11) is 0. The van der Waals surface area contributed by atoms with Crippen LogP contribution in [0.4, 0.5) is 0 Å². The molecular weight excluding hydrogens is 224 g/mol. The normalized spacial score (nSPS) is 12.4. The SMILES string of the molecule is CCCNC(C(=O)OCC)c1csc(C)n1. The first kappa shape index (κ1) is 13.1. The minimum atomic E-state index is -0.426. The second-order valence-corrected chi connectivity index (χ2v) is 4.49. The van der Waals surface area contributed by atoms with Crippen LogP contribution in [0.25, 0.3) is 0 Å². The van der Waals surface area contributed by atoms with Gasteiger partial charge < -0.3 is 4.74 Å². The largest absolute Gasteiger partial charge is 0.465 e. The zero-order chi connectivity index (χ0) is 12.0. The Labute approximate surface area is 100 Å². The van der Waals surface area contributed by atoms with Crippen LogP contribution in [0, 0.1) is 6.92 Å². The predicted octanol–water partition coefficient (Wildman–Crippen LogP) is 2.06. The van der Waals surface area contributed by atoms with Crippen molar-refractivity contribution in [2.24, 2.45) is 0 Å². The number of carbonyl (C=O) groups is 1. The van der Waals surface area contributed by atoms with E-state index in [1.54, 1.807) is 18.3 Å². The van der Waals surface area contributed by atoms with Crippen molar-refractivity contribution >= 4 is 17.3 Å². The van der Waals surface area contributed by atoms with Crippen LogP contribution in [-0.2, 0) is 9.53 Å². The Hall–Kier alpha value is -0.940. The molecule has 0 spiro atoms. The molecule has 90 valence electrons. The van der Waals surface area contributed by atoms with Gasteiger partial charge in [-0.3, -0.25) is 5.32 Å². The van der Waals surface area contributed by atoms with Crippen LogP contribution in [0.1, 0.15) is 37.0 Å². The van der Waals surface area contributed by atoms with E-state index >= 15 is 0 Å². The Kier molecular flexibility index (Phi) is 5.42. The molecule has 1 N–H and O–H groups in total. The molecule has 0 saturated carbocycles. The van der Waals surface area contributed by atoms with E-state index in [9.17, 15) is 4.79 Å². The van der Waals surface area contributed by atoms with Crippen molar-refractivity contribution in [3.8, 4) is 0 Å². The van der Waals surface area contributed by atoms with Crippen LogP contribution in [0.3, 0.4) is 0 Å². The van der Waals surface area contributed by atoms with Gasteiger partial charge in [-0.2, -0.15) is 0 Å². The molecule has 4 nitrogen and oxygen atoms in total. The number of thiazole rings is 1. The van der Waals surface area contributed by atoms with Crippen molar-refractivity contribution in [1.29, 1.82) is 0 Å². The molecular formula is C11H18N2O2S. The molecule has 0 aliphatic carbocycles. The maximum absolute atomic E-state index is 11.7. The van der Waals surface area contributed by atoms with Crippen molar-refractivity contribution in [1.82, 2.24) is 10.3 Å². The van der Waals surface area contributed by atoms with Crippen molar-refractivity contribution in [3.05, 3.63) is 16.1 Å². The fourth-order valence-electron chi connectivity index (χ4n) is 1.34. The van der Waals surface area contributed by atoms with E-state index in [1.165, 1.54) is 0 Å². The lowest BCUT2D eigenvalue weighted by atomic mass is 10.2. The van der Waals surface area contributed by atoms with E-state index < -0.39 is 6.04 Å². The Morgan fingerprint density at radius 2 is 2.38 bits per heavy atom. The van der Waals surface area contributed by atoms with Crippen molar-refractivity contribution < 1.29 is 9.53 Å². The third-order valence-electron chi connectivity index (χ3n) is 2.05. The molecule has 0 amide bonds. The lowest BCUT2D eigenvalue weighted by molar-refractivity contribution is -0.145. The predicted molar refractivity (Wildman–Crippen MR) is 64.5 cm³/mol. The molecule has 1 unspecified atom stereocenters. The summed E-state index contributed by atoms with van der Waals surface area (Å²) >= 11 is 1.54. The van der Waals surface area contributed by atoms with Gasteiger partial charge in [0.05, 0.1) is 17.3 Å². The smallest absolute Gasteiger partial charge is 0.329 e. The lowest BCUT2D eigenvalue weighted by Gasteiger charge is -2.14. The van der Waals surface area contributed by atoms with Gasteiger partial charge in [-0.25, -0.2) is 9.78 Å². The number of nitrogens with zero attached hydrogens (tertiary/aromatic N) is 1. The van der Waals surface area contributed by atoms with Crippen LogP contribution in [0.5, 0.6) is 0 Å². The van der Waals surface area contributed by atoms with Gasteiger partial charge in [-0.15, -0.1) is 11.3 Å². The van der Waals surface area contributed by atoms with E-state index in [-0.39, 0.29) is 5.97 Å². The summed E-state index contributed by atoms with van der Waals surface area (Å²) in [4.78, 5) is 16.1. The maximum atomic E-state index is 11.7. The molecule has 1 rings (SSSR count). The van der Waals surface area contributed by atoms with Crippen molar-refractivity contribution in [2.75, 3.05) is 13.2 Å². The third-order valence-corrected chi connectivity index (χ3v) is 2.85. The second-order valence-electron chi connectivity index (χ2n) is 3.43. The summed E-state index contributed by atoms with van der Waals surface area (Å²) in [6.07, 6.45) is 0.971. The Morgan fingerprint density at radius 3 is 2.88 bits per heavy atom. The van der Waals surface area contributed by atoms with Gasteiger partial charge in [0.2, 0.25) is 0 Å². The number of ether oxygens (including phenoxy) is 1. The molecule has 16 heavy (non-hydrogen) atoms. The topological polar surface area (TPSA) is 51.2 Å². The zero-order valence-electron chi connectivity index (χ0n) is 9.95. The number of aromatic nitrogens is 1. The third kappa shape index (κ3) is 3.57. The van der Waals surface area contributed by atoms with Crippen LogP contribution in [0.15, 0.2) is 5.38 Å².